The lowest BCUT2D eigenvalue weighted by Crippen LogP contribution is -2.60. The Morgan fingerprint density at radius 2 is 0.758 bits per heavy atom. The third-order valence-corrected chi connectivity index (χ3v) is 19.1. The smallest absolute Gasteiger partial charge is 0.305 e. The first-order valence-corrected chi connectivity index (χ1v) is 40.7. The molecular weight excluding hydrogens is 1180 g/mol. The summed E-state index contributed by atoms with van der Waals surface area (Å²) >= 11 is 0. The van der Waals surface area contributed by atoms with Crippen molar-refractivity contribution in [2.75, 3.05) is 19.8 Å². The van der Waals surface area contributed by atoms with Gasteiger partial charge in [0.15, 0.2) is 6.29 Å². The number of esters is 1. The molecule has 0 aromatic heterocycles. The third kappa shape index (κ3) is 60.8. The van der Waals surface area contributed by atoms with Gasteiger partial charge >= 0.3 is 5.97 Å². The van der Waals surface area contributed by atoms with E-state index in [0.717, 1.165) is 70.6 Å². The monoisotopic (exact) mass is 1340 g/mol. The van der Waals surface area contributed by atoms with Gasteiger partial charge in [0.1, 0.15) is 24.4 Å². The zero-order valence-corrected chi connectivity index (χ0v) is 61.9. The molecule has 0 bridgehead atoms. The molecule has 1 amide bonds. The topological polar surface area (TPSA) is 175 Å². The Morgan fingerprint density at radius 1 is 0.411 bits per heavy atom. The van der Waals surface area contributed by atoms with Crippen molar-refractivity contribution < 1.29 is 49.3 Å². The van der Waals surface area contributed by atoms with Crippen LogP contribution in [0.5, 0.6) is 0 Å². The predicted octanol–water partition coefficient (Wildman–Crippen LogP) is 22.2. The molecule has 6 N–H and O–H groups in total. The number of unbranched alkanes of at least 4 members (excludes halogenated alkanes) is 49. The van der Waals surface area contributed by atoms with Crippen LogP contribution in [-0.4, -0.2) is 100 Å². The highest BCUT2D eigenvalue weighted by Crippen LogP contribution is 2.24. The molecule has 7 unspecified atom stereocenters. The fourth-order valence-corrected chi connectivity index (χ4v) is 12.7. The maximum Gasteiger partial charge on any atom is 0.305 e. The Hall–Kier alpha value is -2.90. The van der Waals surface area contributed by atoms with E-state index >= 15 is 0 Å². The van der Waals surface area contributed by atoms with Gasteiger partial charge < -0.3 is 45.1 Å². The minimum absolute atomic E-state index is 0.0140. The molecule has 0 radical (unpaired) electrons. The highest BCUT2D eigenvalue weighted by Gasteiger charge is 2.44. The number of amides is 1. The number of hydrogen-bond donors (Lipinski definition) is 6. The van der Waals surface area contributed by atoms with Crippen molar-refractivity contribution >= 4 is 11.9 Å². The molecule has 1 heterocycles. The Morgan fingerprint density at radius 3 is 1.17 bits per heavy atom. The maximum absolute atomic E-state index is 13.0. The van der Waals surface area contributed by atoms with Crippen molar-refractivity contribution in [1.82, 2.24) is 5.32 Å². The van der Waals surface area contributed by atoms with Gasteiger partial charge in [-0.1, -0.05) is 337 Å². The zero-order valence-electron chi connectivity index (χ0n) is 61.9. The number of allylic oxidation sites excluding steroid dienone is 11. The van der Waals surface area contributed by atoms with E-state index in [0.29, 0.717) is 19.4 Å². The Balaban J connectivity index is 1.85. The molecular formula is C84H153NO10. The largest absolute Gasteiger partial charge is 0.466 e. The summed E-state index contributed by atoms with van der Waals surface area (Å²) in [4.78, 5) is 25.2. The second kappa shape index (κ2) is 72.4. The van der Waals surface area contributed by atoms with Gasteiger partial charge in [-0.05, 0) is 110 Å². The number of nitrogens with one attached hydrogen (secondary N) is 1. The fraction of sp³-hybridized carbons (Fsp3) is 0.833. The molecule has 1 aliphatic rings. The molecule has 7 atom stereocenters. The summed E-state index contributed by atoms with van der Waals surface area (Å²) < 4.78 is 16.7. The second-order valence-electron chi connectivity index (χ2n) is 28.1. The van der Waals surface area contributed by atoms with E-state index in [1.807, 2.05) is 19.1 Å². The van der Waals surface area contributed by atoms with E-state index in [9.17, 15) is 35.1 Å². The van der Waals surface area contributed by atoms with Gasteiger partial charge in [0.2, 0.25) is 5.91 Å². The van der Waals surface area contributed by atoms with Crippen LogP contribution >= 0.6 is 0 Å². The van der Waals surface area contributed by atoms with Crippen LogP contribution in [0, 0.1) is 0 Å². The van der Waals surface area contributed by atoms with Gasteiger partial charge in [-0.25, -0.2) is 0 Å². The zero-order chi connectivity index (χ0) is 68.6. The van der Waals surface area contributed by atoms with Crippen LogP contribution in [0.15, 0.2) is 72.9 Å². The highest BCUT2D eigenvalue weighted by atomic mass is 16.7. The third-order valence-electron chi connectivity index (χ3n) is 19.1. The average molecular weight is 1340 g/mol. The molecule has 0 aliphatic carbocycles. The first kappa shape index (κ1) is 90.1. The lowest BCUT2D eigenvalue weighted by atomic mass is 9.99. The van der Waals surface area contributed by atoms with E-state index in [1.54, 1.807) is 6.08 Å². The summed E-state index contributed by atoms with van der Waals surface area (Å²) in [6.07, 6.45) is 89.9. The predicted molar refractivity (Wildman–Crippen MR) is 403 cm³/mol. The van der Waals surface area contributed by atoms with Gasteiger partial charge in [-0.15, -0.1) is 0 Å². The quantitative estimate of drug-likeness (QED) is 0.0195. The van der Waals surface area contributed by atoms with Crippen molar-refractivity contribution in [2.24, 2.45) is 0 Å². The summed E-state index contributed by atoms with van der Waals surface area (Å²) in [5.41, 5.74) is 0. The van der Waals surface area contributed by atoms with Crippen molar-refractivity contribution in [2.45, 2.75) is 429 Å². The summed E-state index contributed by atoms with van der Waals surface area (Å²) in [7, 11) is 0. The summed E-state index contributed by atoms with van der Waals surface area (Å²) in [6.45, 7) is 4.12. The fourth-order valence-electron chi connectivity index (χ4n) is 12.7. The summed E-state index contributed by atoms with van der Waals surface area (Å²) in [5.74, 6) is -0.182. The van der Waals surface area contributed by atoms with Gasteiger partial charge in [-0.2, -0.15) is 0 Å². The number of aliphatic hydroxyl groups is 5. The molecule has 554 valence electrons. The van der Waals surface area contributed by atoms with Crippen molar-refractivity contribution in [3.05, 3.63) is 72.9 Å². The average Bonchev–Trinajstić information content (AvgIpc) is 0.834. The Labute approximate surface area is 585 Å². The molecule has 0 spiro atoms. The second-order valence-corrected chi connectivity index (χ2v) is 28.1. The normalized spacial score (nSPS) is 17.7. The SMILES string of the molecule is C/C=C/CC/C=C/CC/C=C/C(O)C(COC1OC(CO)C(O)C(O)C1O)NC(=O)CCCCCCCCCCCCCCCCCCC/C=C\C/C=C\CCCCCCCCCCCCCCCCCOC(=O)CCCCCCCCCCC/C=C\CCCCCCCC. The van der Waals surface area contributed by atoms with Crippen molar-refractivity contribution in [1.29, 1.82) is 0 Å². The molecule has 0 aromatic carbocycles. The minimum Gasteiger partial charge on any atom is -0.466 e. The number of hydrogen-bond acceptors (Lipinski definition) is 10. The standard InChI is InChI=1S/C84H153NO10/c1-3-5-7-9-11-13-14-15-16-17-39-43-46-49-52-56-60-64-68-72-80(89)93-73-69-65-61-57-53-50-47-44-41-38-36-34-32-30-28-26-24-22-20-18-19-21-23-25-27-29-31-33-35-37-40-42-45-48-51-55-59-63-67-71-79(88)85-76(77(87)70-66-62-58-54-12-10-8-6-4-2)75-94-84-83(92)82(91)81(90)78(74-86)95-84/h4,6,12,15-16,18-19,22,24,54,66,70,76-78,81-84,86-87,90-92H,3,5,7-11,13-14,17,20-21,23,25-53,55-65,67-69,71-75H2,1-2H3,(H,85,88)/b6-4+,16-15-,19-18-,24-22-,54-12+,70-66+. The molecule has 1 rings (SSSR count). The molecule has 11 heteroatoms. The van der Waals surface area contributed by atoms with Crippen LogP contribution in [0.4, 0.5) is 0 Å². The van der Waals surface area contributed by atoms with Crippen LogP contribution in [-0.2, 0) is 23.8 Å². The Kier molecular flexibility index (Phi) is 68.6. The number of ether oxygens (including phenoxy) is 3. The van der Waals surface area contributed by atoms with Crippen molar-refractivity contribution in [3.8, 4) is 0 Å². The van der Waals surface area contributed by atoms with E-state index in [2.05, 4.69) is 66.9 Å². The number of rotatable bonds is 72. The van der Waals surface area contributed by atoms with E-state index in [4.69, 9.17) is 14.2 Å². The van der Waals surface area contributed by atoms with E-state index < -0.39 is 49.5 Å². The van der Waals surface area contributed by atoms with Crippen LogP contribution in [0.3, 0.4) is 0 Å². The van der Waals surface area contributed by atoms with Gasteiger partial charge in [0, 0.05) is 12.8 Å². The van der Waals surface area contributed by atoms with Crippen molar-refractivity contribution in [3.63, 3.8) is 0 Å². The van der Waals surface area contributed by atoms with Gasteiger partial charge in [0.05, 0.1) is 32.0 Å². The molecule has 1 aliphatic heterocycles. The van der Waals surface area contributed by atoms with Crippen LogP contribution < -0.4 is 5.32 Å². The maximum atomic E-state index is 13.0. The minimum atomic E-state index is -1.58. The lowest BCUT2D eigenvalue weighted by molar-refractivity contribution is -0.302. The first-order valence-electron chi connectivity index (χ1n) is 40.7. The van der Waals surface area contributed by atoms with Gasteiger partial charge in [0.25, 0.3) is 0 Å². The molecule has 0 saturated carbocycles. The van der Waals surface area contributed by atoms with Gasteiger partial charge in [-0.3, -0.25) is 9.59 Å². The molecule has 0 aromatic rings. The molecule has 95 heavy (non-hydrogen) atoms. The van der Waals surface area contributed by atoms with E-state index in [-0.39, 0.29) is 18.5 Å². The lowest BCUT2D eigenvalue weighted by Gasteiger charge is -2.40. The molecule has 11 nitrogen and oxygen atoms in total. The highest BCUT2D eigenvalue weighted by molar-refractivity contribution is 5.76. The number of aliphatic hydroxyl groups excluding tert-OH is 5. The Bertz CT molecular complexity index is 1810. The molecule has 1 saturated heterocycles. The van der Waals surface area contributed by atoms with Crippen LogP contribution in [0.25, 0.3) is 0 Å². The van der Waals surface area contributed by atoms with Crippen LogP contribution in [0.2, 0.25) is 0 Å². The first-order chi connectivity index (χ1) is 46.7. The number of carbonyl (C=O) groups is 2. The van der Waals surface area contributed by atoms with Crippen LogP contribution in [0.1, 0.15) is 386 Å². The number of carbonyl (C=O) groups excluding carboxylic acids is 2. The summed E-state index contributed by atoms with van der Waals surface area (Å²) in [5, 5.41) is 54.3. The summed E-state index contributed by atoms with van der Waals surface area (Å²) in [6, 6.07) is -0.832. The molecule has 1 fully saturated rings. The van der Waals surface area contributed by atoms with E-state index in [1.165, 1.54) is 289 Å².